The highest BCUT2D eigenvalue weighted by Gasteiger charge is 2.11. The van der Waals surface area contributed by atoms with Crippen LogP contribution in [0.4, 0.5) is 0 Å². The van der Waals surface area contributed by atoms with Gasteiger partial charge in [0.05, 0.1) is 11.2 Å². The highest BCUT2D eigenvalue weighted by molar-refractivity contribution is 5.85. The summed E-state index contributed by atoms with van der Waals surface area (Å²) in [6.45, 7) is 3.97. The van der Waals surface area contributed by atoms with Crippen LogP contribution in [0.2, 0.25) is 0 Å². The number of rotatable bonds is 2. The molecular formula is C19H18N2O. The van der Waals surface area contributed by atoms with E-state index in [1.807, 2.05) is 75.6 Å². The topological polar surface area (TPSA) is 34.9 Å². The molecule has 0 aliphatic rings. The number of pyridine rings is 2. The number of hydrogen-bond donors (Lipinski definition) is 0. The zero-order valence-corrected chi connectivity index (χ0v) is 13.0. The molecule has 0 N–H and O–H groups in total. The summed E-state index contributed by atoms with van der Waals surface area (Å²) in [5, 5.41) is 0.966. The van der Waals surface area contributed by atoms with E-state index in [0.717, 1.165) is 27.7 Å². The molecule has 0 atom stereocenters. The minimum absolute atomic E-state index is 0.0134. The Morgan fingerprint density at radius 2 is 1.91 bits per heavy atom. The maximum Gasteiger partial charge on any atom is 0.258 e. The molecule has 0 amide bonds. The van der Waals surface area contributed by atoms with Crippen molar-refractivity contribution < 1.29 is 0 Å². The summed E-state index contributed by atoms with van der Waals surface area (Å²) < 4.78 is 1.70. The zero-order valence-electron chi connectivity index (χ0n) is 13.0. The molecule has 0 radical (unpaired) electrons. The van der Waals surface area contributed by atoms with Crippen molar-refractivity contribution in [2.24, 2.45) is 7.05 Å². The van der Waals surface area contributed by atoms with Crippen LogP contribution in [0, 0.1) is 6.92 Å². The third-order valence-corrected chi connectivity index (χ3v) is 3.90. The first-order valence-corrected chi connectivity index (χ1v) is 7.30. The molecule has 3 nitrogen and oxygen atoms in total. The van der Waals surface area contributed by atoms with Gasteiger partial charge >= 0.3 is 0 Å². The average molecular weight is 290 g/mol. The molecule has 0 fully saturated rings. The van der Waals surface area contributed by atoms with Crippen LogP contribution in [-0.4, -0.2) is 9.55 Å². The molecule has 3 aromatic rings. The van der Waals surface area contributed by atoms with Gasteiger partial charge in [0.25, 0.3) is 5.56 Å². The van der Waals surface area contributed by atoms with Crippen molar-refractivity contribution in [3.05, 3.63) is 70.3 Å². The maximum atomic E-state index is 12.7. The number of allylic oxidation sites excluding steroid dienone is 1. The number of aromatic nitrogens is 2. The Kier molecular flexibility index (Phi) is 3.63. The quantitative estimate of drug-likeness (QED) is 0.716. The van der Waals surface area contributed by atoms with Crippen LogP contribution < -0.4 is 5.56 Å². The van der Waals surface area contributed by atoms with Crippen molar-refractivity contribution >= 4 is 17.0 Å². The Morgan fingerprint density at radius 3 is 2.64 bits per heavy atom. The maximum absolute atomic E-state index is 12.7. The monoisotopic (exact) mass is 290 g/mol. The molecule has 0 saturated carbocycles. The van der Waals surface area contributed by atoms with Gasteiger partial charge in [-0.15, -0.1) is 0 Å². The largest absolute Gasteiger partial charge is 0.311 e. The van der Waals surface area contributed by atoms with Crippen LogP contribution in [0.1, 0.15) is 18.2 Å². The van der Waals surface area contributed by atoms with Gasteiger partial charge in [-0.05, 0) is 43.2 Å². The van der Waals surface area contributed by atoms with Gasteiger partial charge in [-0.1, -0.05) is 30.3 Å². The molecule has 22 heavy (non-hydrogen) atoms. The summed E-state index contributed by atoms with van der Waals surface area (Å²) in [6.07, 6.45) is 5.69. The average Bonchev–Trinajstić information content (AvgIpc) is 2.52. The molecule has 2 heterocycles. The van der Waals surface area contributed by atoms with E-state index in [1.165, 1.54) is 0 Å². The normalized spacial score (nSPS) is 11.4. The van der Waals surface area contributed by atoms with Crippen LogP contribution in [0.25, 0.3) is 28.1 Å². The summed E-state index contributed by atoms with van der Waals surface area (Å²) in [5.74, 6) is 0. The van der Waals surface area contributed by atoms with Gasteiger partial charge < -0.3 is 4.57 Å². The second kappa shape index (κ2) is 5.60. The van der Waals surface area contributed by atoms with Gasteiger partial charge in [0.1, 0.15) is 0 Å². The van der Waals surface area contributed by atoms with Crippen molar-refractivity contribution in [2.75, 3.05) is 0 Å². The number of nitrogens with zero attached hydrogens (tertiary/aromatic N) is 2. The fourth-order valence-electron chi connectivity index (χ4n) is 2.71. The Bertz CT molecular complexity index is 936. The minimum Gasteiger partial charge on any atom is -0.311 e. The number of hydrogen-bond acceptors (Lipinski definition) is 2. The van der Waals surface area contributed by atoms with Crippen molar-refractivity contribution in [2.45, 2.75) is 13.8 Å². The number of benzene rings is 1. The molecule has 3 rings (SSSR count). The third-order valence-electron chi connectivity index (χ3n) is 3.90. The predicted octanol–water partition coefficient (Wildman–Crippen LogP) is 3.94. The summed E-state index contributed by atoms with van der Waals surface area (Å²) >= 11 is 0. The van der Waals surface area contributed by atoms with Gasteiger partial charge in [-0.25, -0.2) is 0 Å². The molecule has 3 heteroatoms. The van der Waals surface area contributed by atoms with E-state index in [2.05, 4.69) is 4.98 Å². The van der Waals surface area contributed by atoms with E-state index in [9.17, 15) is 4.79 Å². The lowest BCUT2D eigenvalue weighted by atomic mass is 10.0. The van der Waals surface area contributed by atoms with E-state index in [-0.39, 0.29) is 5.56 Å². The van der Waals surface area contributed by atoms with E-state index in [0.29, 0.717) is 5.56 Å². The molecular weight excluding hydrogens is 272 g/mol. The Hall–Kier alpha value is -2.68. The van der Waals surface area contributed by atoms with E-state index in [4.69, 9.17) is 0 Å². The lowest BCUT2D eigenvalue weighted by Gasteiger charge is -2.11. The second-order valence-electron chi connectivity index (χ2n) is 5.41. The minimum atomic E-state index is 0.0134. The first-order valence-electron chi connectivity index (χ1n) is 7.30. The summed E-state index contributed by atoms with van der Waals surface area (Å²) in [7, 11) is 1.81. The molecule has 0 unspecified atom stereocenters. The molecule has 0 spiro atoms. The smallest absolute Gasteiger partial charge is 0.258 e. The van der Waals surface area contributed by atoms with Crippen LogP contribution in [0.15, 0.2) is 53.5 Å². The van der Waals surface area contributed by atoms with Gasteiger partial charge in [0.2, 0.25) is 0 Å². The number of fused-ring (bicyclic) bond motifs is 1. The van der Waals surface area contributed by atoms with Gasteiger partial charge in [0.15, 0.2) is 0 Å². The summed E-state index contributed by atoms with van der Waals surface area (Å²) in [6, 6.07) is 11.8. The van der Waals surface area contributed by atoms with E-state index < -0.39 is 0 Å². The molecule has 0 saturated heterocycles. The van der Waals surface area contributed by atoms with Crippen LogP contribution in [-0.2, 0) is 7.05 Å². The van der Waals surface area contributed by atoms with Crippen LogP contribution in [0.3, 0.4) is 0 Å². The predicted molar refractivity (Wildman–Crippen MR) is 91.9 cm³/mol. The first kappa shape index (κ1) is 14.3. The van der Waals surface area contributed by atoms with E-state index in [1.54, 1.807) is 4.57 Å². The van der Waals surface area contributed by atoms with Gasteiger partial charge in [-0.2, -0.15) is 0 Å². The fraction of sp³-hybridized carbons (Fsp3) is 0.158. The summed E-state index contributed by atoms with van der Waals surface area (Å²) in [5.41, 5.74) is 4.55. The Morgan fingerprint density at radius 1 is 1.14 bits per heavy atom. The Labute approximate surface area is 129 Å². The Balaban J connectivity index is 2.32. The highest BCUT2D eigenvalue weighted by Crippen LogP contribution is 2.23. The van der Waals surface area contributed by atoms with Crippen molar-refractivity contribution in [3.63, 3.8) is 0 Å². The molecule has 0 bridgehead atoms. The number of aryl methyl sites for hydroxylation is 2. The van der Waals surface area contributed by atoms with Gasteiger partial charge in [-0.3, -0.25) is 9.78 Å². The van der Waals surface area contributed by atoms with Crippen LogP contribution in [0.5, 0.6) is 0 Å². The van der Waals surface area contributed by atoms with Gasteiger partial charge in [0, 0.05) is 24.2 Å². The lowest BCUT2D eigenvalue weighted by Crippen LogP contribution is -2.19. The molecule has 0 aliphatic heterocycles. The fourth-order valence-corrected chi connectivity index (χ4v) is 2.71. The van der Waals surface area contributed by atoms with Crippen molar-refractivity contribution in [3.8, 4) is 11.1 Å². The van der Waals surface area contributed by atoms with Crippen molar-refractivity contribution in [1.29, 1.82) is 0 Å². The molecule has 1 aromatic carbocycles. The highest BCUT2D eigenvalue weighted by atomic mass is 16.1. The standard InChI is InChI=1S/C19H18N2O/c1-4-7-15-11-18-14(12-20-15)10-17(19(22)21(18)3)16-9-6-5-8-13(16)2/h4-12H,1-3H3. The van der Waals surface area contributed by atoms with E-state index >= 15 is 0 Å². The molecule has 2 aromatic heterocycles. The first-order chi connectivity index (χ1) is 10.6. The second-order valence-corrected chi connectivity index (χ2v) is 5.41. The zero-order chi connectivity index (χ0) is 15.7. The van der Waals surface area contributed by atoms with Crippen LogP contribution >= 0.6 is 0 Å². The molecule has 110 valence electrons. The summed E-state index contributed by atoms with van der Waals surface area (Å²) in [4.78, 5) is 17.2. The SMILES string of the molecule is CC=Cc1cc2c(cn1)cc(-c1ccccc1C)c(=O)n2C. The lowest BCUT2D eigenvalue weighted by molar-refractivity contribution is 0.906. The van der Waals surface area contributed by atoms with Crippen molar-refractivity contribution in [1.82, 2.24) is 9.55 Å². The third kappa shape index (κ3) is 2.35. The molecule has 0 aliphatic carbocycles.